The van der Waals surface area contributed by atoms with Gasteiger partial charge < -0.3 is 10.4 Å². The molecular formula is C14H18ClNO2. The van der Waals surface area contributed by atoms with Gasteiger partial charge in [0.1, 0.15) is 5.75 Å². The molecule has 98 valence electrons. The number of phenols is 1. The van der Waals surface area contributed by atoms with Crippen molar-refractivity contribution in [2.45, 2.75) is 19.3 Å². The molecule has 0 bridgehead atoms. The average Bonchev–Trinajstić information content (AvgIpc) is 2.83. The zero-order chi connectivity index (χ0) is 13.0. The van der Waals surface area contributed by atoms with E-state index < -0.39 is 0 Å². The maximum atomic E-state index is 11.9. The first kappa shape index (κ1) is 13.2. The number of hydrogen-bond acceptors (Lipinski definition) is 2. The summed E-state index contributed by atoms with van der Waals surface area (Å²) in [4.78, 5) is 11.9. The summed E-state index contributed by atoms with van der Waals surface area (Å²) in [5.41, 5.74) is 0.496. The van der Waals surface area contributed by atoms with Crippen molar-refractivity contribution in [3.63, 3.8) is 0 Å². The van der Waals surface area contributed by atoms with Gasteiger partial charge in [0, 0.05) is 18.0 Å². The van der Waals surface area contributed by atoms with Crippen LogP contribution in [-0.2, 0) is 0 Å². The number of amides is 1. The average molecular weight is 268 g/mol. The first-order valence-corrected chi connectivity index (χ1v) is 6.87. The number of rotatable bonds is 4. The standard InChI is InChI=1S/C14H18ClNO2/c15-8-11-4-1-5-12(11)9-16-14(18)10-3-2-6-13(17)7-10/h2-3,6-7,11-12,17H,1,4-5,8-9H2,(H,16,18). The van der Waals surface area contributed by atoms with Gasteiger partial charge in [0.25, 0.3) is 5.91 Å². The molecule has 2 unspecified atom stereocenters. The first-order valence-electron chi connectivity index (χ1n) is 6.34. The molecular weight excluding hydrogens is 250 g/mol. The minimum Gasteiger partial charge on any atom is -0.508 e. The molecule has 2 rings (SSSR count). The van der Waals surface area contributed by atoms with E-state index in [1.165, 1.54) is 12.5 Å². The van der Waals surface area contributed by atoms with Crippen LogP contribution in [0.4, 0.5) is 0 Å². The maximum absolute atomic E-state index is 11.9. The molecule has 1 aliphatic rings. The van der Waals surface area contributed by atoms with Crippen molar-refractivity contribution in [2.75, 3.05) is 12.4 Å². The van der Waals surface area contributed by atoms with Crippen molar-refractivity contribution in [1.82, 2.24) is 5.32 Å². The summed E-state index contributed by atoms with van der Waals surface area (Å²) in [5.74, 6) is 1.67. The topological polar surface area (TPSA) is 49.3 Å². The number of halogens is 1. The highest BCUT2D eigenvalue weighted by Crippen LogP contribution is 2.31. The number of nitrogens with one attached hydrogen (secondary N) is 1. The van der Waals surface area contributed by atoms with Gasteiger partial charge in [-0.15, -0.1) is 11.6 Å². The van der Waals surface area contributed by atoms with Gasteiger partial charge in [0.2, 0.25) is 0 Å². The molecule has 0 heterocycles. The molecule has 0 aromatic heterocycles. The van der Waals surface area contributed by atoms with E-state index in [-0.39, 0.29) is 11.7 Å². The lowest BCUT2D eigenvalue weighted by Gasteiger charge is -2.17. The van der Waals surface area contributed by atoms with Crippen LogP contribution in [0.15, 0.2) is 24.3 Å². The zero-order valence-electron chi connectivity index (χ0n) is 10.2. The number of carbonyl (C=O) groups is 1. The van der Waals surface area contributed by atoms with Crippen LogP contribution in [0, 0.1) is 11.8 Å². The molecule has 3 nitrogen and oxygen atoms in total. The van der Waals surface area contributed by atoms with Crippen LogP contribution < -0.4 is 5.32 Å². The second-order valence-electron chi connectivity index (χ2n) is 4.87. The Balaban J connectivity index is 1.88. The summed E-state index contributed by atoms with van der Waals surface area (Å²) in [5, 5.41) is 12.2. The fourth-order valence-electron chi connectivity index (χ4n) is 2.56. The molecule has 0 aliphatic heterocycles. The van der Waals surface area contributed by atoms with Crippen molar-refractivity contribution in [1.29, 1.82) is 0 Å². The molecule has 4 heteroatoms. The second-order valence-corrected chi connectivity index (χ2v) is 5.17. The number of hydrogen-bond donors (Lipinski definition) is 2. The Morgan fingerprint density at radius 3 is 2.89 bits per heavy atom. The molecule has 0 saturated heterocycles. The highest BCUT2D eigenvalue weighted by Gasteiger charge is 2.26. The van der Waals surface area contributed by atoms with Gasteiger partial charge >= 0.3 is 0 Å². The Kier molecular flexibility index (Phi) is 4.48. The second kappa shape index (κ2) is 6.10. The monoisotopic (exact) mass is 267 g/mol. The highest BCUT2D eigenvalue weighted by molar-refractivity contribution is 6.18. The molecule has 0 spiro atoms. The van der Waals surface area contributed by atoms with Gasteiger partial charge in [-0.05, 0) is 42.9 Å². The third-order valence-electron chi connectivity index (χ3n) is 3.65. The predicted octanol–water partition coefficient (Wildman–Crippen LogP) is 2.78. The van der Waals surface area contributed by atoms with Crippen molar-refractivity contribution >= 4 is 17.5 Å². The molecule has 1 saturated carbocycles. The van der Waals surface area contributed by atoms with E-state index >= 15 is 0 Å². The Hall–Kier alpha value is -1.22. The van der Waals surface area contributed by atoms with Crippen LogP contribution in [0.1, 0.15) is 29.6 Å². The Labute approximate surface area is 112 Å². The van der Waals surface area contributed by atoms with Crippen molar-refractivity contribution < 1.29 is 9.90 Å². The van der Waals surface area contributed by atoms with Crippen LogP contribution in [0.5, 0.6) is 5.75 Å². The van der Waals surface area contributed by atoms with Gasteiger partial charge in [-0.1, -0.05) is 12.5 Å². The molecule has 1 aliphatic carbocycles. The number of carbonyl (C=O) groups excluding carboxylic acids is 1. The quantitative estimate of drug-likeness (QED) is 0.824. The smallest absolute Gasteiger partial charge is 0.251 e. The number of aromatic hydroxyl groups is 1. The van der Waals surface area contributed by atoms with Gasteiger partial charge in [-0.3, -0.25) is 4.79 Å². The minimum atomic E-state index is -0.133. The van der Waals surface area contributed by atoms with E-state index in [4.69, 9.17) is 11.6 Å². The number of phenolic OH excluding ortho intramolecular Hbond substituents is 1. The highest BCUT2D eigenvalue weighted by atomic mass is 35.5. The van der Waals surface area contributed by atoms with Crippen LogP contribution in [0.3, 0.4) is 0 Å². The van der Waals surface area contributed by atoms with E-state index in [0.29, 0.717) is 29.8 Å². The number of benzene rings is 1. The maximum Gasteiger partial charge on any atom is 0.251 e. The van der Waals surface area contributed by atoms with Crippen LogP contribution in [0.25, 0.3) is 0 Å². The van der Waals surface area contributed by atoms with Gasteiger partial charge in [-0.2, -0.15) is 0 Å². The van der Waals surface area contributed by atoms with Crippen molar-refractivity contribution in [3.8, 4) is 5.75 Å². The molecule has 2 atom stereocenters. The lowest BCUT2D eigenvalue weighted by atomic mass is 9.98. The number of alkyl halides is 1. The van der Waals surface area contributed by atoms with Crippen LogP contribution in [0.2, 0.25) is 0 Å². The third-order valence-corrected chi connectivity index (χ3v) is 4.04. The Bertz CT molecular complexity index is 422. The van der Waals surface area contributed by atoms with E-state index in [2.05, 4.69) is 5.32 Å². The van der Waals surface area contributed by atoms with E-state index in [1.807, 2.05) is 0 Å². The predicted molar refractivity (Wildman–Crippen MR) is 72.0 cm³/mol. The van der Waals surface area contributed by atoms with Gasteiger partial charge in [-0.25, -0.2) is 0 Å². The van der Waals surface area contributed by atoms with Crippen LogP contribution in [-0.4, -0.2) is 23.4 Å². The van der Waals surface area contributed by atoms with Crippen LogP contribution >= 0.6 is 11.6 Å². The summed E-state index contributed by atoms with van der Waals surface area (Å²) in [6.45, 7) is 0.672. The zero-order valence-corrected chi connectivity index (χ0v) is 11.0. The SMILES string of the molecule is O=C(NCC1CCCC1CCl)c1cccc(O)c1. The summed E-state index contributed by atoms with van der Waals surface area (Å²) >= 11 is 5.91. The van der Waals surface area contributed by atoms with Gasteiger partial charge in [0.15, 0.2) is 0 Å². The summed E-state index contributed by atoms with van der Waals surface area (Å²) < 4.78 is 0. The largest absolute Gasteiger partial charge is 0.508 e. The first-order chi connectivity index (χ1) is 8.70. The minimum absolute atomic E-state index is 0.113. The molecule has 1 amide bonds. The molecule has 2 N–H and O–H groups in total. The Morgan fingerprint density at radius 2 is 2.17 bits per heavy atom. The molecule has 1 fully saturated rings. The fourth-order valence-corrected chi connectivity index (χ4v) is 2.96. The Morgan fingerprint density at radius 1 is 1.39 bits per heavy atom. The fraction of sp³-hybridized carbons (Fsp3) is 0.500. The van der Waals surface area contributed by atoms with Crippen molar-refractivity contribution in [2.24, 2.45) is 11.8 Å². The van der Waals surface area contributed by atoms with E-state index in [1.54, 1.807) is 18.2 Å². The lowest BCUT2D eigenvalue weighted by Crippen LogP contribution is -2.31. The van der Waals surface area contributed by atoms with Gasteiger partial charge in [0.05, 0.1) is 0 Å². The molecule has 1 aromatic rings. The molecule has 18 heavy (non-hydrogen) atoms. The molecule has 0 radical (unpaired) electrons. The third kappa shape index (κ3) is 3.16. The lowest BCUT2D eigenvalue weighted by molar-refractivity contribution is 0.0944. The normalized spacial score (nSPS) is 22.9. The summed E-state index contributed by atoms with van der Waals surface area (Å²) in [6, 6.07) is 6.39. The van der Waals surface area contributed by atoms with Crippen molar-refractivity contribution in [3.05, 3.63) is 29.8 Å². The summed E-state index contributed by atoms with van der Waals surface area (Å²) in [6.07, 6.45) is 3.50. The van der Waals surface area contributed by atoms with E-state index in [9.17, 15) is 9.90 Å². The summed E-state index contributed by atoms with van der Waals surface area (Å²) in [7, 11) is 0. The molecule has 1 aromatic carbocycles. The van der Waals surface area contributed by atoms with E-state index in [0.717, 1.165) is 12.8 Å².